The predicted octanol–water partition coefficient (Wildman–Crippen LogP) is 2.86. The van der Waals surface area contributed by atoms with Gasteiger partial charge in [0.05, 0.1) is 4.92 Å². The minimum Gasteiger partial charge on any atom is -0.258 e. The van der Waals surface area contributed by atoms with Crippen LogP contribution in [0, 0.1) is 17.0 Å². The van der Waals surface area contributed by atoms with Gasteiger partial charge in [0.25, 0.3) is 5.69 Å². The zero-order chi connectivity index (χ0) is 16.2. The molecule has 0 bridgehead atoms. The third-order valence-electron chi connectivity index (χ3n) is 3.71. The highest BCUT2D eigenvalue weighted by Gasteiger charge is 2.27. The van der Waals surface area contributed by atoms with Crippen molar-refractivity contribution in [2.45, 2.75) is 42.8 Å². The van der Waals surface area contributed by atoms with Gasteiger partial charge in [-0.1, -0.05) is 25.0 Å². The average molecular weight is 344 g/mol. The van der Waals surface area contributed by atoms with Crippen molar-refractivity contribution in [3.8, 4) is 0 Å². The molecule has 8 heteroatoms. The maximum Gasteiger partial charge on any atom is 0.289 e. The Morgan fingerprint density at radius 3 is 2.68 bits per heavy atom. The fourth-order valence-electron chi connectivity index (χ4n) is 2.66. The quantitative estimate of drug-likeness (QED) is 0.467. The van der Waals surface area contributed by atoms with Crippen molar-refractivity contribution in [1.82, 2.24) is 4.72 Å². The van der Waals surface area contributed by atoms with Crippen molar-refractivity contribution in [1.29, 1.82) is 0 Å². The predicted molar refractivity (Wildman–Crippen MR) is 87.7 cm³/mol. The van der Waals surface area contributed by atoms with Crippen LogP contribution in [-0.2, 0) is 10.0 Å². The number of nitro benzene ring substituents is 1. The molecule has 0 radical (unpaired) electrons. The SMILES string of the molecule is Cc1cccc([N+](=O)[O-])c1S(=O)(=O)NCCSC1CCCC1. The molecular weight excluding hydrogens is 324 g/mol. The Kier molecular flexibility index (Phi) is 5.82. The highest BCUT2D eigenvalue weighted by molar-refractivity contribution is 8.00. The lowest BCUT2D eigenvalue weighted by molar-refractivity contribution is -0.387. The largest absolute Gasteiger partial charge is 0.289 e. The zero-order valence-corrected chi connectivity index (χ0v) is 14.1. The molecule has 0 spiro atoms. The molecule has 0 amide bonds. The Morgan fingerprint density at radius 1 is 1.36 bits per heavy atom. The van der Waals surface area contributed by atoms with Crippen molar-refractivity contribution in [3.63, 3.8) is 0 Å². The summed E-state index contributed by atoms with van der Waals surface area (Å²) in [5.74, 6) is 0.684. The number of thioether (sulfide) groups is 1. The normalized spacial score (nSPS) is 16.0. The van der Waals surface area contributed by atoms with E-state index in [1.54, 1.807) is 24.8 Å². The van der Waals surface area contributed by atoms with Gasteiger partial charge in [0.1, 0.15) is 0 Å². The number of hydrogen-bond donors (Lipinski definition) is 1. The first-order chi connectivity index (χ1) is 10.4. The number of rotatable bonds is 7. The van der Waals surface area contributed by atoms with Crippen molar-refractivity contribution in [3.05, 3.63) is 33.9 Å². The van der Waals surface area contributed by atoms with Crippen LogP contribution in [0.25, 0.3) is 0 Å². The van der Waals surface area contributed by atoms with Crippen molar-refractivity contribution >= 4 is 27.5 Å². The van der Waals surface area contributed by atoms with Gasteiger partial charge in [0.15, 0.2) is 4.90 Å². The maximum absolute atomic E-state index is 12.3. The number of hydrogen-bond acceptors (Lipinski definition) is 5. The van der Waals surface area contributed by atoms with Crippen molar-refractivity contribution < 1.29 is 13.3 Å². The fraction of sp³-hybridized carbons (Fsp3) is 0.571. The smallest absolute Gasteiger partial charge is 0.258 e. The van der Waals surface area contributed by atoms with Gasteiger partial charge in [-0.05, 0) is 25.3 Å². The minimum atomic E-state index is -3.87. The number of benzene rings is 1. The van der Waals surface area contributed by atoms with Gasteiger partial charge >= 0.3 is 0 Å². The molecule has 1 aliphatic rings. The third-order valence-corrected chi connectivity index (χ3v) is 6.74. The lowest BCUT2D eigenvalue weighted by atomic mass is 10.2. The number of nitro groups is 1. The highest BCUT2D eigenvalue weighted by atomic mass is 32.2. The van der Waals surface area contributed by atoms with Gasteiger partial charge < -0.3 is 0 Å². The van der Waals surface area contributed by atoms with Crippen LogP contribution >= 0.6 is 11.8 Å². The molecule has 0 heterocycles. The molecule has 0 atom stereocenters. The van der Waals surface area contributed by atoms with E-state index < -0.39 is 14.9 Å². The Morgan fingerprint density at radius 2 is 2.05 bits per heavy atom. The first-order valence-electron chi connectivity index (χ1n) is 7.27. The summed E-state index contributed by atoms with van der Waals surface area (Å²) in [6.07, 6.45) is 4.89. The zero-order valence-electron chi connectivity index (χ0n) is 12.4. The van der Waals surface area contributed by atoms with E-state index in [9.17, 15) is 18.5 Å². The summed E-state index contributed by atoms with van der Waals surface area (Å²) in [5.41, 5.74) is 0.00101. The van der Waals surface area contributed by atoms with Crippen LogP contribution in [0.5, 0.6) is 0 Å². The average Bonchev–Trinajstić information content (AvgIpc) is 2.96. The number of nitrogens with one attached hydrogen (secondary N) is 1. The molecule has 1 aliphatic carbocycles. The van der Waals surface area contributed by atoms with Gasteiger partial charge in [-0.3, -0.25) is 10.1 Å². The molecule has 1 aromatic carbocycles. The van der Waals surface area contributed by atoms with Gasteiger partial charge in [0, 0.05) is 23.6 Å². The van der Waals surface area contributed by atoms with E-state index in [-0.39, 0.29) is 17.1 Å². The molecule has 0 aliphatic heterocycles. The first-order valence-corrected chi connectivity index (χ1v) is 9.80. The molecule has 0 aromatic heterocycles. The monoisotopic (exact) mass is 344 g/mol. The molecule has 6 nitrogen and oxygen atoms in total. The summed E-state index contributed by atoms with van der Waals surface area (Å²) < 4.78 is 27.2. The number of aryl methyl sites for hydroxylation is 1. The molecule has 22 heavy (non-hydrogen) atoms. The Bertz CT molecular complexity index is 640. The van der Waals surface area contributed by atoms with E-state index in [4.69, 9.17) is 0 Å². The minimum absolute atomic E-state index is 0.231. The maximum atomic E-state index is 12.3. The first kappa shape index (κ1) is 17.2. The van der Waals surface area contributed by atoms with Gasteiger partial charge in [0.2, 0.25) is 10.0 Å². The lowest BCUT2D eigenvalue weighted by Gasteiger charge is -2.11. The van der Waals surface area contributed by atoms with Crippen LogP contribution in [-0.4, -0.2) is 30.9 Å². The van der Waals surface area contributed by atoms with Gasteiger partial charge in [-0.2, -0.15) is 11.8 Å². The van der Waals surface area contributed by atoms with Gasteiger partial charge in [-0.25, -0.2) is 13.1 Å². The second-order valence-corrected chi connectivity index (χ2v) is 8.47. The van der Waals surface area contributed by atoms with Crippen molar-refractivity contribution in [2.75, 3.05) is 12.3 Å². The second-order valence-electron chi connectivity index (χ2n) is 5.36. The molecule has 122 valence electrons. The molecule has 2 rings (SSSR count). The van der Waals surface area contributed by atoms with Crippen LogP contribution < -0.4 is 4.72 Å². The van der Waals surface area contributed by atoms with E-state index in [1.807, 2.05) is 0 Å². The van der Waals surface area contributed by atoms with E-state index in [1.165, 1.54) is 37.8 Å². The molecule has 1 fully saturated rings. The Labute approximate surface area is 134 Å². The van der Waals surface area contributed by atoms with Gasteiger partial charge in [-0.15, -0.1) is 0 Å². The summed E-state index contributed by atoms with van der Waals surface area (Å²) in [5, 5.41) is 11.7. The topological polar surface area (TPSA) is 89.3 Å². The van der Waals surface area contributed by atoms with E-state index >= 15 is 0 Å². The summed E-state index contributed by atoms with van der Waals surface area (Å²) in [7, 11) is -3.87. The van der Waals surface area contributed by atoms with Crippen molar-refractivity contribution in [2.24, 2.45) is 0 Å². The number of nitrogens with zero attached hydrogens (tertiary/aromatic N) is 1. The Balaban J connectivity index is 2.02. The molecular formula is C14H20N2O4S2. The third kappa shape index (κ3) is 4.21. The van der Waals surface area contributed by atoms with E-state index in [2.05, 4.69) is 4.72 Å². The second kappa shape index (κ2) is 7.43. The molecule has 1 aromatic rings. The van der Waals surface area contributed by atoms with Crippen LogP contribution in [0.15, 0.2) is 23.1 Å². The summed E-state index contributed by atoms with van der Waals surface area (Å²) in [4.78, 5) is 10.1. The summed E-state index contributed by atoms with van der Waals surface area (Å²) >= 11 is 1.77. The molecule has 1 saturated carbocycles. The Hall–Kier alpha value is -1.12. The fourth-order valence-corrected chi connectivity index (χ4v) is 5.43. The van der Waals surface area contributed by atoms with E-state index in [0.717, 1.165) is 0 Å². The standard InChI is InChI=1S/C14H20N2O4S2/c1-11-5-4-8-13(16(17)18)14(11)22(19,20)15-9-10-21-12-6-2-3-7-12/h4-5,8,12,15H,2-3,6-7,9-10H2,1H3. The summed E-state index contributed by atoms with van der Waals surface area (Å²) in [6.45, 7) is 1.85. The molecule has 1 N–H and O–H groups in total. The van der Waals surface area contributed by atoms with Crippen LogP contribution in [0.1, 0.15) is 31.2 Å². The lowest BCUT2D eigenvalue weighted by Crippen LogP contribution is -2.27. The van der Waals surface area contributed by atoms with E-state index in [0.29, 0.717) is 16.6 Å². The van der Waals surface area contributed by atoms with Crippen LogP contribution in [0.2, 0.25) is 0 Å². The van der Waals surface area contributed by atoms with Crippen LogP contribution in [0.4, 0.5) is 5.69 Å². The highest BCUT2D eigenvalue weighted by Crippen LogP contribution is 2.29. The summed E-state index contributed by atoms with van der Waals surface area (Å²) in [6, 6.07) is 4.27. The van der Waals surface area contributed by atoms with Crippen LogP contribution in [0.3, 0.4) is 0 Å². The molecule has 0 unspecified atom stereocenters. The number of sulfonamides is 1. The molecule has 0 saturated heterocycles.